The molecule has 1 fully saturated rings. The van der Waals surface area contributed by atoms with Crippen LogP contribution in [0.15, 0.2) is 72.8 Å². The van der Waals surface area contributed by atoms with Gasteiger partial charge in [-0.3, -0.25) is 4.90 Å². The van der Waals surface area contributed by atoms with Crippen LogP contribution < -0.4 is 4.90 Å². The maximum absolute atomic E-state index is 9.80. The number of halogens is 2. The molecule has 3 aromatic carbocycles. The predicted molar refractivity (Wildman–Crippen MR) is 121 cm³/mol. The van der Waals surface area contributed by atoms with Crippen molar-refractivity contribution in [2.45, 2.75) is 25.6 Å². The largest absolute Gasteiger partial charge is 0.508 e. The highest BCUT2D eigenvalue weighted by Crippen LogP contribution is 2.39. The molecule has 0 aliphatic carbocycles. The topological polar surface area (TPSA) is 26.7 Å². The number of benzene rings is 3. The summed E-state index contributed by atoms with van der Waals surface area (Å²) in [6.45, 7) is 4.93. The van der Waals surface area contributed by atoms with E-state index in [4.69, 9.17) is 23.2 Å². The zero-order valence-corrected chi connectivity index (χ0v) is 17.8. The van der Waals surface area contributed by atoms with Crippen molar-refractivity contribution >= 4 is 28.9 Å². The number of nitrogens with zero attached hydrogens (tertiary/aromatic N) is 2. The molecule has 1 aliphatic heterocycles. The van der Waals surface area contributed by atoms with E-state index in [0.717, 1.165) is 30.3 Å². The number of rotatable bonds is 4. The van der Waals surface area contributed by atoms with Crippen molar-refractivity contribution < 1.29 is 5.11 Å². The van der Waals surface area contributed by atoms with E-state index in [1.54, 1.807) is 12.1 Å². The van der Waals surface area contributed by atoms with E-state index in [1.807, 2.05) is 24.3 Å². The number of aromatic hydroxyl groups is 1. The number of phenolic OH excluding ortho intramolecular Hbond substituents is 1. The fourth-order valence-electron chi connectivity index (χ4n) is 4.21. The van der Waals surface area contributed by atoms with Crippen molar-refractivity contribution in [3.63, 3.8) is 0 Å². The molecule has 0 aromatic heterocycles. The van der Waals surface area contributed by atoms with Crippen LogP contribution in [-0.2, 0) is 6.54 Å². The summed E-state index contributed by atoms with van der Waals surface area (Å²) in [6, 6.07) is 24.2. The molecule has 0 bridgehead atoms. The number of hydrogen-bond donors (Lipinski definition) is 1. The van der Waals surface area contributed by atoms with Crippen molar-refractivity contribution in [2.24, 2.45) is 0 Å². The molecule has 2 unspecified atom stereocenters. The standard InChI is InChI=1S/C24H24Cl2N2O/c1-17-14-27(15-18-5-3-2-4-6-18)16-24(19-7-9-20(25)10-8-19)28(17)23-12-11-21(29)13-22(23)26/h2-13,17,24,29H,14-16H2,1H3. The quantitative estimate of drug-likeness (QED) is 0.541. The number of anilines is 1. The molecular weight excluding hydrogens is 403 g/mol. The summed E-state index contributed by atoms with van der Waals surface area (Å²) in [5.41, 5.74) is 3.45. The average Bonchev–Trinajstić information content (AvgIpc) is 2.70. The molecule has 150 valence electrons. The van der Waals surface area contributed by atoms with Gasteiger partial charge in [-0.15, -0.1) is 0 Å². The molecule has 5 heteroatoms. The van der Waals surface area contributed by atoms with Crippen LogP contribution in [0.3, 0.4) is 0 Å². The molecule has 1 aliphatic rings. The molecule has 29 heavy (non-hydrogen) atoms. The summed E-state index contributed by atoms with van der Waals surface area (Å²) in [5.74, 6) is 0.178. The molecule has 0 amide bonds. The van der Waals surface area contributed by atoms with Gasteiger partial charge in [-0.1, -0.05) is 65.7 Å². The van der Waals surface area contributed by atoms with Crippen LogP contribution >= 0.6 is 23.2 Å². The lowest BCUT2D eigenvalue weighted by Crippen LogP contribution is -2.53. The van der Waals surface area contributed by atoms with E-state index in [0.29, 0.717) is 5.02 Å². The smallest absolute Gasteiger partial charge is 0.117 e. The van der Waals surface area contributed by atoms with Crippen LogP contribution in [0, 0.1) is 0 Å². The average molecular weight is 427 g/mol. The summed E-state index contributed by atoms with van der Waals surface area (Å²) >= 11 is 12.7. The van der Waals surface area contributed by atoms with E-state index in [1.165, 1.54) is 11.1 Å². The summed E-state index contributed by atoms with van der Waals surface area (Å²) in [6.07, 6.45) is 0. The van der Waals surface area contributed by atoms with Gasteiger partial charge in [-0.25, -0.2) is 0 Å². The molecular formula is C24H24Cl2N2O. The first kappa shape index (κ1) is 20.1. The molecule has 2 atom stereocenters. The highest BCUT2D eigenvalue weighted by Gasteiger charge is 2.34. The lowest BCUT2D eigenvalue weighted by Gasteiger charge is -2.47. The highest BCUT2D eigenvalue weighted by molar-refractivity contribution is 6.33. The monoisotopic (exact) mass is 426 g/mol. The van der Waals surface area contributed by atoms with Gasteiger partial charge in [0.25, 0.3) is 0 Å². The molecule has 0 spiro atoms. The van der Waals surface area contributed by atoms with Gasteiger partial charge < -0.3 is 10.0 Å². The van der Waals surface area contributed by atoms with Gasteiger partial charge in [0.1, 0.15) is 5.75 Å². The maximum Gasteiger partial charge on any atom is 0.117 e. The van der Waals surface area contributed by atoms with Crippen LogP contribution in [0.1, 0.15) is 24.1 Å². The van der Waals surface area contributed by atoms with Crippen molar-refractivity contribution in [1.29, 1.82) is 0 Å². The fraction of sp³-hybridized carbons (Fsp3) is 0.250. The Labute approximate surface area is 182 Å². The molecule has 3 nitrogen and oxygen atoms in total. The molecule has 3 aromatic rings. The predicted octanol–water partition coefficient (Wildman–Crippen LogP) is 6.15. The highest BCUT2D eigenvalue weighted by atomic mass is 35.5. The Kier molecular flexibility index (Phi) is 6.00. The first-order valence-electron chi connectivity index (χ1n) is 9.80. The second-order valence-corrected chi connectivity index (χ2v) is 8.48. The molecule has 1 N–H and O–H groups in total. The zero-order valence-electron chi connectivity index (χ0n) is 16.3. The second-order valence-electron chi connectivity index (χ2n) is 7.64. The van der Waals surface area contributed by atoms with Crippen molar-refractivity contribution in [2.75, 3.05) is 18.0 Å². The third kappa shape index (κ3) is 4.53. The van der Waals surface area contributed by atoms with Gasteiger partial charge in [0.2, 0.25) is 0 Å². The first-order chi connectivity index (χ1) is 14.0. The molecule has 0 saturated carbocycles. The minimum Gasteiger partial charge on any atom is -0.508 e. The van der Waals surface area contributed by atoms with Gasteiger partial charge in [0, 0.05) is 36.8 Å². The van der Waals surface area contributed by atoms with Crippen LogP contribution in [0.4, 0.5) is 5.69 Å². The lowest BCUT2D eigenvalue weighted by molar-refractivity contribution is 0.187. The third-order valence-corrected chi connectivity index (χ3v) is 6.03. The number of piperazine rings is 1. The van der Waals surface area contributed by atoms with Crippen molar-refractivity contribution in [3.8, 4) is 5.75 Å². The summed E-state index contributed by atoms with van der Waals surface area (Å²) in [5, 5.41) is 11.1. The van der Waals surface area contributed by atoms with Crippen LogP contribution in [-0.4, -0.2) is 29.1 Å². The SMILES string of the molecule is CC1CN(Cc2ccccc2)CC(c2ccc(Cl)cc2)N1c1ccc(O)cc1Cl. The normalized spacial score (nSPS) is 20.0. The number of hydrogen-bond acceptors (Lipinski definition) is 3. The molecule has 1 saturated heterocycles. The zero-order chi connectivity index (χ0) is 20.4. The summed E-state index contributed by atoms with van der Waals surface area (Å²) in [4.78, 5) is 4.86. The van der Waals surface area contributed by atoms with Crippen LogP contribution in [0.2, 0.25) is 10.0 Å². The maximum atomic E-state index is 9.80. The molecule has 4 rings (SSSR count). The summed E-state index contributed by atoms with van der Waals surface area (Å²) < 4.78 is 0. The Morgan fingerprint density at radius 1 is 0.931 bits per heavy atom. The lowest BCUT2D eigenvalue weighted by atomic mass is 9.97. The van der Waals surface area contributed by atoms with Gasteiger partial charge in [-0.2, -0.15) is 0 Å². The van der Waals surface area contributed by atoms with E-state index in [9.17, 15) is 5.11 Å². The fourth-order valence-corrected chi connectivity index (χ4v) is 4.61. The van der Waals surface area contributed by atoms with Gasteiger partial charge in [0.15, 0.2) is 0 Å². The minimum atomic E-state index is 0.127. The van der Waals surface area contributed by atoms with Crippen LogP contribution in [0.5, 0.6) is 5.75 Å². The Bertz CT molecular complexity index is 962. The summed E-state index contributed by atoms with van der Waals surface area (Å²) in [7, 11) is 0. The van der Waals surface area contributed by atoms with E-state index in [2.05, 4.69) is 53.1 Å². The van der Waals surface area contributed by atoms with Crippen molar-refractivity contribution in [1.82, 2.24) is 4.90 Å². The Morgan fingerprint density at radius 2 is 1.66 bits per heavy atom. The molecule has 0 radical (unpaired) electrons. The van der Waals surface area contributed by atoms with Gasteiger partial charge >= 0.3 is 0 Å². The first-order valence-corrected chi connectivity index (χ1v) is 10.6. The van der Waals surface area contributed by atoms with Gasteiger partial charge in [-0.05, 0) is 42.3 Å². The Balaban J connectivity index is 1.68. The number of phenols is 1. The van der Waals surface area contributed by atoms with Gasteiger partial charge in [0.05, 0.1) is 16.8 Å². The van der Waals surface area contributed by atoms with Crippen molar-refractivity contribution in [3.05, 3.63) is 94.0 Å². The second kappa shape index (κ2) is 8.66. The van der Waals surface area contributed by atoms with Crippen LogP contribution in [0.25, 0.3) is 0 Å². The van der Waals surface area contributed by atoms with E-state index < -0.39 is 0 Å². The third-order valence-electron chi connectivity index (χ3n) is 5.48. The minimum absolute atomic E-state index is 0.127. The van der Waals surface area contributed by atoms with E-state index >= 15 is 0 Å². The Morgan fingerprint density at radius 3 is 2.34 bits per heavy atom. The Hall–Kier alpha value is -2.20. The molecule has 1 heterocycles. The van der Waals surface area contributed by atoms with E-state index in [-0.39, 0.29) is 17.8 Å².